The Morgan fingerprint density at radius 2 is 1.86 bits per heavy atom. The van der Waals surface area contributed by atoms with Gasteiger partial charge in [0.25, 0.3) is 0 Å². The van der Waals surface area contributed by atoms with Crippen LogP contribution in [0.2, 0.25) is 0 Å². The number of rotatable bonds is 6. The number of carbonyl (C=O) groups is 1. The van der Waals surface area contributed by atoms with Gasteiger partial charge in [-0.1, -0.05) is 37.6 Å². The third-order valence-corrected chi connectivity index (χ3v) is 5.82. The molecule has 0 aromatic heterocycles. The highest BCUT2D eigenvalue weighted by molar-refractivity contribution is 14.0. The molecule has 0 spiro atoms. The Hall–Kier alpha value is -1.35. The minimum atomic E-state index is 0. The van der Waals surface area contributed by atoms with Gasteiger partial charge in [-0.2, -0.15) is 0 Å². The smallest absolute Gasteiger partial charge is 0.222 e. The van der Waals surface area contributed by atoms with Crippen molar-refractivity contribution in [3.05, 3.63) is 35.4 Å². The van der Waals surface area contributed by atoms with Gasteiger partial charge in [0.15, 0.2) is 5.96 Å². The van der Waals surface area contributed by atoms with E-state index in [-0.39, 0.29) is 35.9 Å². The van der Waals surface area contributed by atoms with E-state index in [1.165, 1.54) is 43.5 Å². The summed E-state index contributed by atoms with van der Waals surface area (Å²) in [6.45, 7) is 7.72. The average Bonchev–Trinajstić information content (AvgIpc) is 3.21. The van der Waals surface area contributed by atoms with E-state index in [1.807, 2.05) is 11.8 Å². The third kappa shape index (κ3) is 7.13. The van der Waals surface area contributed by atoms with Crippen LogP contribution in [0.4, 0.5) is 0 Å². The molecule has 2 heterocycles. The number of hydrogen-bond acceptors (Lipinski definition) is 3. The number of piperidine rings is 1. The van der Waals surface area contributed by atoms with E-state index in [9.17, 15) is 4.79 Å². The maximum atomic E-state index is 11.9. The van der Waals surface area contributed by atoms with E-state index >= 15 is 0 Å². The molecule has 1 unspecified atom stereocenters. The number of likely N-dealkylation sites (tertiary alicyclic amines) is 2. The van der Waals surface area contributed by atoms with Crippen molar-refractivity contribution in [2.45, 2.75) is 58.2 Å². The molecule has 2 saturated heterocycles. The second kappa shape index (κ2) is 12.4. The van der Waals surface area contributed by atoms with E-state index < -0.39 is 0 Å². The van der Waals surface area contributed by atoms with Crippen molar-refractivity contribution in [1.29, 1.82) is 0 Å². The minimum Gasteiger partial charge on any atom is -0.352 e. The number of nitrogens with zero attached hydrogens (tertiary/aromatic N) is 3. The summed E-state index contributed by atoms with van der Waals surface area (Å²) in [5, 5.41) is 6.95. The van der Waals surface area contributed by atoms with Crippen LogP contribution >= 0.6 is 24.0 Å². The number of hydrogen-bond donors (Lipinski definition) is 2. The monoisotopic (exact) mass is 513 g/mol. The van der Waals surface area contributed by atoms with E-state index in [4.69, 9.17) is 0 Å². The molecule has 1 aromatic carbocycles. The Morgan fingerprint density at radius 3 is 2.55 bits per heavy atom. The van der Waals surface area contributed by atoms with Gasteiger partial charge in [-0.05, 0) is 43.5 Å². The Kier molecular flexibility index (Phi) is 10.2. The van der Waals surface area contributed by atoms with E-state index in [2.05, 4.69) is 44.8 Å². The molecule has 2 aliphatic heterocycles. The maximum absolute atomic E-state index is 11.9. The first-order valence-electron chi connectivity index (χ1n) is 10.7. The highest BCUT2D eigenvalue weighted by Crippen LogP contribution is 2.16. The predicted molar refractivity (Wildman–Crippen MR) is 130 cm³/mol. The zero-order chi connectivity index (χ0) is 19.8. The molecule has 3 rings (SSSR count). The number of amides is 1. The number of halogens is 1. The summed E-state index contributed by atoms with van der Waals surface area (Å²) in [6.07, 6.45) is 5.54. The van der Waals surface area contributed by atoms with Crippen molar-refractivity contribution in [1.82, 2.24) is 20.4 Å². The normalized spacial score (nSPS) is 20.3. The molecule has 7 heteroatoms. The van der Waals surface area contributed by atoms with Crippen molar-refractivity contribution >= 4 is 35.8 Å². The van der Waals surface area contributed by atoms with Crippen LogP contribution in [0.25, 0.3) is 0 Å². The molecule has 1 aromatic rings. The van der Waals surface area contributed by atoms with Gasteiger partial charge in [0.2, 0.25) is 5.91 Å². The van der Waals surface area contributed by atoms with Crippen molar-refractivity contribution in [3.63, 3.8) is 0 Å². The molecule has 2 N–H and O–H groups in total. The zero-order valence-corrected chi connectivity index (χ0v) is 20.2. The van der Waals surface area contributed by atoms with Gasteiger partial charge in [0.05, 0.1) is 0 Å². The molecule has 162 valence electrons. The summed E-state index contributed by atoms with van der Waals surface area (Å²) in [5.41, 5.74) is 2.72. The van der Waals surface area contributed by atoms with Crippen molar-refractivity contribution in [2.24, 2.45) is 4.99 Å². The van der Waals surface area contributed by atoms with Gasteiger partial charge in [-0.3, -0.25) is 14.7 Å². The quantitative estimate of drug-likeness (QED) is 0.349. The molecule has 6 nitrogen and oxygen atoms in total. The summed E-state index contributed by atoms with van der Waals surface area (Å²) in [4.78, 5) is 20.8. The first-order chi connectivity index (χ1) is 13.7. The van der Waals surface area contributed by atoms with Gasteiger partial charge in [-0.25, -0.2) is 0 Å². The maximum Gasteiger partial charge on any atom is 0.222 e. The van der Waals surface area contributed by atoms with Crippen molar-refractivity contribution in [3.8, 4) is 0 Å². The molecule has 1 amide bonds. The van der Waals surface area contributed by atoms with Gasteiger partial charge < -0.3 is 15.5 Å². The average molecular weight is 513 g/mol. The lowest BCUT2D eigenvalue weighted by Crippen LogP contribution is -2.44. The highest BCUT2D eigenvalue weighted by atomic mass is 127. The lowest BCUT2D eigenvalue weighted by molar-refractivity contribution is -0.129. The molecule has 0 bridgehead atoms. The van der Waals surface area contributed by atoms with Gasteiger partial charge in [0.1, 0.15) is 0 Å². The number of guanidine groups is 1. The zero-order valence-electron chi connectivity index (χ0n) is 17.8. The summed E-state index contributed by atoms with van der Waals surface area (Å²) in [7, 11) is 1.80. The summed E-state index contributed by atoms with van der Waals surface area (Å²) in [5.74, 6) is 1.04. The second-order valence-corrected chi connectivity index (χ2v) is 7.85. The molecule has 2 aliphatic rings. The van der Waals surface area contributed by atoms with Crippen LogP contribution in [-0.4, -0.2) is 60.9 Å². The lowest BCUT2D eigenvalue weighted by Gasteiger charge is -2.27. The first kappa shape index (κ1) is 23.9. The number of aliphatic imine (C=N–C) groups is 1. The largest absolute Gasteiger partial charge is 0.352 e. The third-order valence-electron chi connectivity index (χ3n) is 5.82. The van der Waals surface area contributed by atoms with Crippen LogP contribution in [0.15, 0.2) is 29.3 Å². The summed E-state index contributed by atoms with van der Waals surface area (Å²) >= 11 is 0. The van der Waals surface area contributed by atoms with Crippen LogP contribution < -0.4 is 10.6 Å². The van der Waals surface area contributed by atoms with Crippen LogP contribution in [0.1, 0.15) is 50.2 Å². The topological polar surface area (TPSA) is 60.0 Å². The van der Waals surface area contributed by atoms with E-state index in [0.29, 0.717) is 6.42 Å². The number of benzene rings is 1. The lowest BCUT2D eigenvalue weighted by atomic mass is 10.0. The molecular weight excluding hydrogens is 477 g/mol. The minimum absolute atomic E-state index is 0. The molecule has 29 heavy (non-hydrogen) atoms. The van der Waals surface area contributed by atoms with E-state index in [0.717, 1.165) is 38.6 Å². The number of nitrogens with one attached hydrogen (secondary N) is 2. The molecule has 0 aliphatic carbocycles. The molecule has 0 radical (unpaired) electrons. The fourth-order valence-electron chi connectivity index (χ4n) is 4.14. The van der Waals surface area contributed by atoms with Gasteiger partial charge in [0, 0.05) is 45.7 Å². The van der Waals surface area contributed by atoms with Crippen LogP contribution in [-0.2, 0) is 17.9 Å². The number of carbonyl (C=O) groups excluding carboxylic acids is 1. The predicted octanol–water partition coefficient (Wildman–Crippen LogP) is 2.97. The molecule has 0 saturated carbocycles. The highest BCUT2D eigenvalue weighted by Gasteiger charge is 2.25. The molecule has 1 atom stereocenters. The van der Waals surface area contributed by atoms with Crippen LogP contribution in [0, 0.1) is 0 Å². The van der Waals surface area contributed by atoms with Crippen molar-refractivity contribution in [2.75, 3.05) is 33.2 Å². The van der Waals surface area contributed by atoms with Crippen LogP contribution in [0.5, 0.6) is 0 Å². The SMILES string of the molecule is CCC(=O)N1CCC(NC(=NC)NCc2ccccc2CN2CCCCC2)C1.I. The second-order valence-electron chi connectivity index (χ2n) is 7.85. The summed E-state index contributed by atoms with van der Waals surface area (Å²) in [6, 6.07) is 8.96. The molecule has 2 fully saturated rings. The van der Waals surface area contributed by atoms with Gasteiger partial charge in [-0.15, -0.1) is 24.0 Å². The molecular formula is C22H36IN5O. The standard InChI is InChI=1S/C22H35N5O.HI/c1-3-21(28)27-14-11-20(17-27)25-22(23-2)24-15-18-9-5-6-10-19(18)16-26-12-7-4-8-13-26;/h5-6,9-10,20H,3-4,7-8,11-17H2,1-2H3,(H2,23,24,25);1H. The Balaban J connectivity index is 0.00000300. The fourth-order valence-corrected chi connectivity index (χ4v) is 4.14. The summed E-state index contributed by atoms with van der Waals surface area (Å²) < 4.78 is 0. The van der Waals surface area contributed by atoms with Crippen molar-refractivity contribution < 1.29 is 4.79 Å². The Labute approximate surface area is 192 Å². The Bertz CT molecular complexity index is 675. The first-order valence-corrected chi connectivity index (χ1v) is 10.7. The van der Waals surface area contributed by atoms with Gasteiger partial charge >= 0.3 is 0 Å². The van der Waals surface area contributed by atoms with Crippen LogP contribution in [0.3, 0.4) is 0 Å². The Morgan fingerprint density at radius 1 is 1.14 bits per heavy atom. The fraction of sp³-hybridized carbons (Fsp3) is 0.636. The van der Waals surface area contributed by atoms with E-state index in [1.54, 1.807) is 7.05 Å².